The molecule has 0 heterocycles. The highest BCUT2D eigenvalue weighted by atomic mass is 35.5. The Morgan fingerprint density at radius 1 is 0.885 bits per heavy atom. The van der Waals surface area contributed by atoms with Crippen LogP contribution in [0, 0.1) is 20.8 Å². The van der Waals surface area contributed by atoms with Gasteiger partial charge < -0.3 is 9.47 Å². The summed E-state index contributed by atoms with van der Waals surface area (Å²) in [5.41, 5.74) is 7.28. The van der Waals surface area contributed by atoms with Crippen LogP contribution in [0.1, 0.15) is 16.7 Å². The van der Waals surface area contributed by atoms with Crippen molar-refractivity contribution in [1.29, 1.82) is 0 Å². The molecule has 0 radical (unpaired) electrons. The van der Waals surface area contributed by atoms with Gasteiger partial charge >= 0.3 is 0 Å². The fourth-order valence-corrected chi connectivity index (χ4v) is 2.35. The first kappa shape index (κ1) is 19.6. The van der Waals surface area contributed by atoms with Crippen LogP contribution in [-0.2, 0) is 9.59 Å². The maximum Gasteiger partial charge on any atom is 0.276 e. The Morgan fingerprint density at radius 3 is 2.04 bits per heavy atom. The second kappa shape index (κ2) is 9.10. The molecular formula is C19H21ClN2O4. The minimum Gasteiger partial charge on any atom is -0.484 e. The van der Waals surface area contributed by atoms with E-state index in [1.807, 2.05) is 39.0 Å². The lowest BCUT2D eigenvalue weighted by atomic mass is 10.1. The van der Waals surface area contributed by atoms with Gasteiger partial charge in [-0.05, 0) is 55.7 Å². The van der Waals surface area contributed by atoms with Gasteiger partial charge in [-0.3, -0.25) is 20.4 Å². The van der Waals surface area contributed by atoms with Gasteiger partial charge in [0.05, 0.1) is 0 Å². The van der Waals surface area contributed by atoms with E-state index >= 15 is 0 Å². The molecule has 0 aliphatic heterocycles. The van der Waals surface area contributed by atoms with Gasteiger partial charge in [0.2, 0.25) is 0 Å². The fourth-order valence-electron chi connectivity index (χ4n) is 2.23. The summed E-state index contributed by atoms with van der Waals surface area (Å²) in [4.78, 5) is 23.5. The van der Waals surface area contributed by atoms with Gasteiger partial charge in [0.1, 0.15) is 11.5 Å². The number of hydrogen-bond acceptors (Lipinski definition) is 4. The zero-order valence-corrected chi connectivity index (χ0v) is 15.6. The first-order valence-electron chi connectivity index (χ1n) is 8.02. The van der Waals surface area contributed by atoms with Crippen LogP contribution >= 0.6 is 11.6 Å². The number of hydrogen-bond donors (Lipinski definition) is 2. The SMILES string of the molecule is Cc1cc(OCC(=O)NNC(=O)COc2c(C)cccc2C)ccc1Cl. The van der Waals surface area contributed by atoms with Gasteiger partial charge in [0, 0.05) is 5.02 Å². The maximum atomic E-state index is 11.8. The summed E-state index contributed by atoms with van der Waals surface area (Å²) in [5, 5.41) is 0.623. The van der Waals surface area contributed by atoms with Crippen LogP contribution < -0.4 is 20.3 Å². The Balaban J connectivity index is 1.73. The van der Waals surface area contributed by atoms with E-state index in [2.05, 4.69) is 10.9 Å². The molecule has 2 rings (SSSR count). The number of nitrogens with one attached hydrogen (secondary N) is 2. The van der Waals surface area contributed by atoms with E-state index in [0.717, 1.165) is 16.7 Å². The van der Waals surface area contributed by atoms with E-state index in [1.165, 1.54) is 0 Å². The van der Waals surface area contributed by atoms with Crippen LogP contribution in [0.2, 0.25) is 5.02 Å². The summed E-state index contributed by atoms with van der Waals surface area (Å²) in [5.74, 6) is 0.225. The number of hydrazine groups is 1. The van der Waals surface area contributed by atoms with E-state index in [4.69, 9.17) is 21.1 Å². The molecule has 6 nitrogen and oxygen atoms in total. The summed E-state index contributed by atoms with van der Waals surface area (Å²) in [6, 6.07) is 10.8. The van der Waals surface area contributed by atoms with E-state index in [9.17, 15) is 9.59 Å². The normalized spacial score (nSPS) is 10.2. The van der Waals surface area contributed by atoms with Crippen LogP contribution in [-0.4, -0.2) is 25.0 Å². The monoisotopic (exact) mass is 376 g/mol. The Hall–Kier alpha value is -2.73. The predicted octanol–water partition coefficient (Wildman–Crippen LogP) is 2.87. The molecule has 0 saturated carbocycles. The van der Waals surface area contributed by atoms with Crippen molar-refractivity contribution in [3.05, 3.63) is 58.1 Å². The Bertz CT molecular complexity index is 788. The summed E-state index contributed by atoms with van der Waals surface area (Å²) in [7, 11) is 0. The highest BCUT2D eigenvalue weighted by molar-refractivity contribution is 6.31. The molecule has 0 spiro atoms. The van der Waals surface area contributed by atoms with Crippen molar-refractivity contribution < 1.29 is 19.1 Å². The smallest absolute Gasteiger partial charge is 0.276 e. The van der Waals surface area contributed by atoms with Gasteiger partial charge in [-0.25, -0.2) is 0 Å². The number of carbonyl (C=O) groups excluding carboxylic acids is 2. The third-order valence-electron chi connectivity index (χ3n) is 3.60. The highest BCUT2D eigenvalue weighted by Crippen LogP contribution is 2.22. The average molecular weight is 377 g/mol. The molecule has 7 heteroatoms. The minimum atomic E-state index is -0.488. The minimum absolute atomic E-state index is 0.205. The van der Waals surface area contributed by atoms with Crippen LogP contribution in [0.5, 0.6) is 11.5 Å². The molecule has 2 aromatic rings. The molecule has 2 N–H and O–H groups in total. The molecule has 2 amide bonds. The lowest BCUT2D eigenvalue weighted by Gasteiger charge is -2.12. The number of aryl methyl sites for hydroxylation is 3. The van der Waals surface area contributed by atoms with Crippen molar-refractivity contribution in [2.24, 2.45) is 0 Å². The lowest BCUT2D eigenvalue weighted by Crippen LogP contribution is -2.45. The van der Waals surface area contributed by atoms with E-state index < -0.39 is 11.8 Å². The van der Waals surface area contributed by atoms with Crippen LogP contribution in [0.3, 0.4) is 0 Å². The van der Waals surface area contributed by atoms with Gasteiger partial charge in [0.25, 0.3) is 11.8 Å². The number of ether oxygens (including phenoxy) is 2. The molecular weight excluding hydrogens is 356 g/mol. The summed E-state index contributed by atoms with van der Waals surface area (Å²) in [6.07, 6.45) is 0. The number of benzene rings is 2. The molecule has 0 saturated heterocycles. The van der Waals surface area contributed by atoms with Crippen LogP contribution in [0.15, 0.2) is 36.4 Å². The highest BCUT2D eigenvalue weighted by Gasteiger charge is 2.09. The number of rotatable bonds is 6. The third-order valence-corrected chi connectivity index (χ3v) is 4.02. The van der Waals surface area contributed by atoms with Gasteiger partial charge in [-0.1, -0.05) is 29.8 Å². The first-order valence-corrected chi connectivity index (χ1v) is 8.40. The van der Waals surface area contributed by atoms with Crippen LogP contribution in [0.4, 0.5) is 0 Å². The van der Waals surface area contributed by atoms with Gasteiger partial charge in [-0.2, -0.15) is 0 Å². The first-order chi connectivity index (χ1) is 12.4. The molecule has 0 aliphatic carbocycles. The predicted molar refractivity (Wildman–Crippen MR) is 99.4 cm³/mol. The Morgan fingerprint density at radius 2 is 1.46 bits per heavy atom. The molecule has 138 valence electrons. The fraction of sp³-hybridized carbons (Fsp3) is 0.263. The average Bonchev–Trinajstić information content (AvgIpc) is 2.60. The van der Waals surface area contributed by atoms with E-state index in [-0.39, 0.29) is 13.2 Å². The number of amides is 2. The molecule has 0 unspecified atom stereocenters. The number of carbonyl (C=O) groups is 2. The maximum absolute atomic E-state index is 11.8. The molecule has 0 aliphatic rings. The Kier molecular flexibility index (Phi) is 6.86. The lowest BCUT2D eigenvalue weighted by molar-refractivity contribution is -0.131. The zero-order valence-electron chi connectivity index (χ0n) is 14.9. The van der Waals surface area contributed by atoms with Crippen molar-refractivity contribution in [2.45, 2.75) is 20.8 Å². The molecule has 2 aromatic carbocycles. The standard InChI is InChI=1S/C19H21ClN2O4/c1-12-5-4-6-13(2)19(12)26-11-18(24)22-21-17(23)10-25-15-7-8-16(20)14(3)9-15/h4-9H,10-11H2,1-3H3,(H,21,23)(H,22,24). The Labute approximate surface area is 157 Å². The topological polar surface area (TPSA) is 76.7 Å². The van der Waals surface area contributed by atoms with Crippen LogP contribution in [0.25, 0.3) is 0 Å². The second-order valence-electron chi connectivity index (χ2n) is 5.81. The molecule has 0 fully saturated rings. The molecule has 0 atom stereocenters. The van der Waals surface area contributed by atoms with Gasteiger partial charge in [-0.15, -0.1) is 0 Å². The van der Waals surface area contributed by atoms with E-state index in [1.54, 1.807) is 18.2 Å². The molecule has 26 heavy (non-hydrogen) atoms. The number of halogens is 1. The third kappa shape index (κ3) is 5.67. The van der Waals surface area contributed by atoms with Crippen molar-refractivity contribution in [3.63, 3.8) is 0 Å². The largest absolute Gasteiger partial charge is 0.484 e. The van der Waals surface area contributed by atoms with E-state index in [0.29, 0.717) is 16.5 Å². The van der Waals surface area contributed by atoms with Crippen molar-refractivity contribution in [3.8, 4) is 11.5 Å². The summed E-state index contributed by atoms with van der Waals surface area (Å²) >= 11 is 5.93. The zero-order chi connectivity index (χ0) is 19.1. The van der Waals surface area contributed by atoms with Crippen molar-refractivity contribution in [2.75, 3.05) is 13.2 Å². The molecule has 0 bridgehead atoms. The summed E-state index contributed by atoms with van der Waals surface area (Å²) in [6.45, 7) is 5.20. The quantitative estimate of drug-likeness (QED) is 0.760. The van der Waals surface area contributed by atoms with Crippen molar-refractivity contribution in [1.82, 2.24) is 10.9 Å². The second-order valence-corrected chi connectivity index (χ2v) is 6.21. The van der Waals surface area contributed by atoms with Gasteiger partial charge in [0.15, 0.2) is 13.2 Å². The summed E-state index contributed by atoms with van der Waals surface area (Å²) < 4.78 is 10.9. The van der Waals surface area contributed by atoms with Crippen molar-refractivity contribution >= 4 is 23.4 Å². The molecule has 0 aromatic heterocycles. The number of para-hydroxylation sites is 1.